The average molecular weight is 340 g/mol. The molecule has 6 heteroatoms. The molecule has 0 N–H and O–H groups in total. The van der Waals surface area contributed by atoms with Gasteiger partial charge >= 0.3 is 5.97 Å². The zero-order valence-electron chi connectivity index (χ0n) is 13.1. The second-order valence-electron chi connectivity index (χ2n) is 5.03. The molecule has 0 aliphatic carbocycles. The lowest BCUT2D eigenvalue weighted by Crippen LogP contribution is -2.02. The third-order valence-corrected chi connectivity index (χ3v) is 4.41. The van der Waals surface area contributed by atoms with Gasteiger partial charge in [-0.2, -0.15) is 0 Å². The van der Waals surface area contributed by atoms with E-state index in [0.717, 1.165) is 10.5 Å². The van der Waals surface area contributed by atoms with Crippen molar-refractivity contribution in [1.82, 2.24) is 10.2 Å². The minimum absolute atomic E-state index is 0.353. The van der Waals surface area contributed by atoms with Crippen LogP contribution in [0, 0.1) is 0 Å². The van der Waals surface area contributed by atoms with Crippen molar-refractivity contribution in [2.75, 3.05) is 7.11 Å². The number of ether oxygens (including phenoxy) is 1. The van der Waals surface area contributed by atoms with Gasteiger partial charge in [-0.15, -0.1) is 22.0 Å². The van der Waals surface area contributed by atoms with Gasteiger partial charge < -0.3 is 9.15 Å². The number of hydrogen-bond donors (Lipinski definition) is 0. The molecule has 1 heterocycles. The van der Waals surface area contributed by atoms with Gasteiger partial charge in [-0.05, 0) is 17.7 Å². The number of benzene rings is 2. The molecule has 0 amide bonds. The summed E-state index contributed by atoms with van der Waals surface area (Å²) in [6.07, 6.45) is 0.608. The van der Waals surface area contributed by atoms with Crippen molar-refractivity contribution >= 4 is 17.7 Å². The topological polar surface area (TPSA) is 65.2 Å². The summed E-state index contributed by atoms with van der Waals surface area (Å²) in [4.78, 5) is 12.6. The van der Waals surface area contributed by atoms with E-state index in [-0.39, 0.29) is 5.97 Å². The number of carbonyl (C=O) groups is 1. The minimum atomic E-state index is -0.353. The van der Waals surface area contributed by atoms with Crippen LogP contribution in [0.15, 0.2) is 63.9 Å². The van der Waals surface area contributed by atoms with Gasteiger partial charge in [0.15, 0.2) is 0 Å². The third kappa shape index (κ3) is 4.02. The van der Waals surface area contributed by atoms with E-state index >= 15 is 0 Å². The molecule has 0 bridgehead atoms. The normalized spacial score (nSPS) is 10.5. The first kappa shape index (κ1) is 16.3. The molecule has 0 spiro atoms. The minimum Gasteiger partial charge on any atom is -0.465 e. The van der Waals surface area contributed by atoms with Gasteiger partial charge in [0.25, 0.3) is 0 Å². The van der Waals surface area contributed by atoms with Crippen LogP contribution in [0.3, 0.4) is 0 Å². The summed E-state index contributed by atoms with van der Waals surface area (Å²) in [5.41, 5.74) is 1.66. The van der Waals surface area contributed by atoms with Crippen LogP contribution in [-0.2, 0) is 16.9 Å². The van der Waals surface area contributed by atoms with Crippen LogP contribution >= 0.6 is 11.8 Å². The summed E-state index contributed by atoms with van der Waals surface area (Å²) in [6, 6.07) is 17.3. The molecule has 24 heavy (non-hydrogen) atoms. The van der Waals surface area contributed by atoms with Crippen LogP contribution in [0.4, 0.5) is 0 Å². The van der Waals surface area contributed by atoms with E-state index in [1.165, 1.54) is 18.9 Å². The highest BCUT2D eigenvalue weighted by molar-refractivity contribution is 7.98. The van der Waals surface area contributed by atoms with Crippen LogP contribution in [0.5, 0.6) is 0 Å². The number of methoxy groups -OCH3 is 1. The molecule has 1 aromatic heterocycles. The quantitative estimate of drug-likeness (QED) is 0.503. The first-order valence-corrected chi connectivity index (χ1v) is 8.40. The maximum absolute atomic E-state index is 11.8. The number of nitrogens with zero attached hydrogens (tertiary/aromatic N) is 2. The van der Waals surface area contributed by atoms with Crippen molar-refractivity contribution in [3.05, 3.63) is 77.5 Å². The molecule has 0 radical (unpaired) electrons. The van der Waals surface area contributed by atoms with Gasteiger partial charge in [-0.25, -0.2) is 4.79 Å². The number of rotatable bonds is 6. The fourth-order valence-electron chi connectivity index (χ4n) is 2.20. The van der Waals surface area contributed by atoms with Crippen molar-refractivity contribution in [1.29, 1.82) is 0 Å². The van der Waals surface area contributed by atoms with Crippen molar-refractivity contribution in [3.63, 3.8) is 0 Å². The molecule has 0 atom stereocenters. The number of hydrogen-bond acceptors (Lipinski definition) is 6. The molecule has 0 unspecified atom stereocenters. The highest BCUT2D eigenvalue weighted by Gasteiger charge is 2.13. The monoisotopic (exact) mass is 340 g/mol. The van der Waals surface area contributed by atoms with Gasteiger partial charge in [0, 0.05) is 4.90 Å². The number of carbonyl (C=O) groups excluding carboxylic acids is 1. The van der Waals surface area contributed by atoms with Gasteiger partial charge in [0.2, 0.25) is 11.8 Å². The molecular formula is C18H16N2O3S. The molecule has 0 fully saturated rings. The van der Waals surface area contributed by atoms with Crippen LogP contribution < -0.4 is 0 Å². The molecular weight excluding hydrogens is 324 g/mol. The Kier molecular flexibility index (Phi) is 5.28. The van der Waals surface area contributed by atoms with Crippen LogP contribution in [0.2, 0.25) is 0 Å². The Labute approximate surface area is 144 Å². The van der Waals surface area contributed by atoms with Crippen molar-refractivity contribution in [3.8, 4) is 0 Å². The lowest BCUT2D eigenvalue weighted by molar-refractivity contribution is 0.0597. The summed E-state index contributed by atoms with van der Waals surface area (Å²) in [7, 11) is 1.37. The zero-order chi connectivity index (χ0) is 16.8. The van der Waals surface area contributed by atoms with E-state index in [9.17, 15) is 4.79 Å². The van der Waals surface area contributed by atoms with E-state index in [2.05, 4.69) is 10.2 Å². The van der Waals surface area contributed by atoms with E-state index in [1.807, 2.05) is 42.5 Å². The summed E-state index contributed by atoms with van der Waals surface area (Å²) in [5, 5.41) is 8.14. The molecule has 122 valence electrons. The Morgan fingerprint density at radius 3 is 2.54 bits per heavy atom. The lowest BCUT2D eigenvalue weighted by atomic mass is 10.2. The number of thioether (sulfide) groups is 1. The molecule has 0 aliphatic rings. The standard InChI is InChI=1S/C18H16N2O3S/c1-22-18(21)14-9-5-6-10-15(14)24-12-17-20-19-16(23-17)11-13-7-3-2-4-8-13/h2-10H,11-12H2,1H3. The first-order chi connectivity index (χ1) is 11.8. The maximum Gasteiger partial charge on any atom is 0.338 e. The van der Waals surface area contributed by atoms with Crippen LogP contribution in [0.1, 0.15) is 27.7 Å². The fourth-order valence-corrected chi connectivity index (χ4v) is 3.08. The molecule has 5 nitrogen and oxygen atoms in total. The highest BCUT2D eigenvalue weighted by atomic mass is 32.2. The molecule has 2 aromatic carbocycles. The Balaban J connectivity index is 1.65. The van der Waals surface area contributed by atoms with E-state index < -0.39 is 0 Å². The summed E-state index contributed by atoms with van der Waals surface area (Å²) in [6.45, 7) is 0. The highest BCUT2D eigenvalue weighted by Crippen LogP contribution is 2.26. The lowest BCUT2D eigenvalue weighted by Gasteiger charge is -2.05. The Hall–Kier alpha value is -2.60. The van der Waals surface area contributed by atoms with Crippen molar-refractivity contribution in [2.24, 2.45) is 0 Å². The summed E-state index contributed by atoms with van der Waals surface area (Å²) >= 11 is 1.47. The molecule has 3 aromatic rings. The van der Waals surface area contributed by atoms with Gasteiger partial charge in [-0.3, -0.25) is 0 Å². The van der Waals surface area contributed by atoms with Gasteiger partial charge in [0.05, 0.1) is 24.8 Å². The van der Waals surface area contributed by atoms with E-state index in [1.54, 1.807) is 12.1 Å². The largest absolute Gasteiger partial charge is 0.465 e. The Morgan fingerprint density at radius 1 is 1.04 bits per heavy atom. The first-order valence-electron chi connectivity index (χ1n) is 7.41. The molecule has 0 aliphatic heterocycles. The van der Waals surface area contributed by atoms with Gasteiger partial charge in [-0.1, -0.05) is 42.5 Å². The van der Waals surface area contributed by atoms with Crippen LogP contribution in [-0.4, -0.2) is 23.3 Å². The number of aromatic nitrogens is 2. The Morgan fingerprint density at radius 2 is 1.75 bits per heavy atom. The zero-order valence-corrected chi connectivity index (χ0v) is 14.0. The van der Waals surface area contributed by atoms with Gasteiger partial charge in [0.1, 0.15) is 0 Å². The second-order valence-corrected chi connectivity index (χ2v) is 6.05. The third-order valence-electron chi connectivity index (χ3n) is 3.35. The smallest absolute Gasteiger partial charge is 0.338 e. The Bertz CT molecular complexity index is 818. The average Bonchev–Trinajstić information content (AvgIpc) is 3.08. The fraction of sp³-hybridized carbons (Fsp3) is 0.167. The predicted molar refractivity (Wildman–Crippen MR) is 90.9 cm³/mol. The summed E-state index contributed by atoms with van der Waals surface area (Å²) in [5.74, 6) is 1.26. The van der Waals surface area contributed by atoms with Crippen molar-refractivity contribution < 1.29 is 13.9 Å². The van der Waals surface area contributed by atoms with Crippen molar-refractivity contribution in [2.45, 2.75) is 17.1 Å². The second kappa shape index (κ2) is 7.79. The van der Waals surface area contributed by atoms with Crippen LogP contribution in [0.25, 0.3) is 0 Å². The van der Waals surface area contributed by atoms with E-state index in [4.69, 9.17) is 9.15 Å². The number of esters is 1. The molecule has 0 saturated heterocycles. The molecule has 3 rings (SSSR count). The SMILES string of the molecule is COC(=O)c1ccccc1SCc1nnc(Cc2ccccc2)o1. The predicted octanol–water partition coefficient (Wildman–Crippen LogP) is 3.74. The summed E-state index contributed by atoms with van der Waals surface area (Å²) < 4.78 is 10.5. The molecule has 0 saturated carbocycles. The maximum atomic E-state index is 11.8. The van der Waals surface area contributed by atoms with E-state index in [0.29, 0.717) is 29.5 Å².